The molecule has 0 radical (unpaired) electrons. The largest absolute Gasteiger partial charge is 0.346 e. The van der Waals surface area contributed by atoms with E-state index in [0.717, 1.165) is 6.42 Å². The Balaban J connectivity index is 1.98. The maximum atomic E-state index is 12.7. The topological polar surface area (TPSA) is 65.8 Å². The molecular weight excluding hydrogens is 319 g/mol. The van der Waals surface area contributed by atoms with Crippen LogP contribution in [0, 0.1) is 5.92 Å². The molecule has 5 nitrogen and oxygen atoms in total. The van der Waals surface area contributed by atoms with Gasteiger partial charge in [0.15, 0.2) is 0 Å². The molecule has 1 aromatic rings. The number of hydrogen-bond donors (Lipinski definition) is 1. The van der Waals surface area contributed by atoms with Crippen molar-refractivity contribution in [2.24, 2.45) is 11.7 Å². The molecule has 0 spiro atoms. The average molecular weight is 352 g/mol. The first kappa shape index (κ1) is 19.9. The SMILES string of the molecule is CC(CC1CCCCCCCCC1)n1cnn(C/C(=C/F)CN)c1=O. The zero-order valence-electron chi connectivity index (χ0n) is 15.5. The highest BCUT2D eigenvalue weighted by Crippen LogP contribution is 2.27. The highest BCUT2D eigenvalue weighted by Gasteiger charge is 2.18. The lowest BCUT2D eigenvalue weighted by Crippen LogP contribution is -2.29. The summed E-state index contributed by atoms with van der Waals surface area (Å²) in [5, 5.41) is 4.13. The fourth-order valence-electron chi connectivity index (χ4n) is 3.82. The first-order valence-electron chi connectivity index (χ1n) is 9.77. The third-order valence-corrected chi connectivity index (χ3v) is 5.40. The van der Waals surface area contributed by atoms with Crippen molar-refractivity contribution in [1.29, 1.82) is 0 Å². The summed E-state index contributed by atoms with van der Waals surface area (Å²) < 4.78 is 15.7. The van der Waals surface area contributed by atoms with Crippen molar-refractivity contribution in [2.75, 3.05) is 6.54 Å². The van der Waals surface area contributed by atoms with E-state index >= 15 is 0 Å². The van der Waals surface area contributed by atoms with Gasteiger partial charge in [0.05, 0.1) is 12.9 Å². The first-order valence-corrected chi connectivity index (χ1v) is 9.77. The van der Waals surface area contributed by atoms with Crippen LogP contribution in [0.3, 0.4) is 0 Å². The molecule has 0 bridgehead atoms. The average Bonchev–Trinajstić information content (AvgIpc) is 2.99. The van der Waals surface area contributed by atoms with Crippen molar-refractivity contribution in [3.05, 3.63) is 28.7 Å². The molecule has 0 saturated heterocycles. The maximum Gasteiger partial charge on any atom is 0.346 e. The van der Waals surface area contributed by atoms with Crippen LogP contribution in [0.25, 0.3) is 0 Å². The zero-order chi connectivity index (χ0) is 18.1. The molecule has 0 aliphatic heterocycles. The summed E-state index contributed by atoms with van der Waals surface area (Å²) in [6.07, 6.45) is 14.9. The van der Waals surface area contributed by atoms with E-state index in [1.165, 1.54) is 62.5 Å². The lowest BCUT2D eigenvalue weighted by molar-refractivity contribution is 0.316. The fraction of sp³-hybridized carbons (Fsp3) is 0.789. The van der Waals surface area contributed by atoms with Crippen LogP contribution in [0.2, 0.25) is 0 Å². The van der Waals surface area contributed by atoms with Crippen LogP contribution in [0.15, 0.2) is 23.0 Å². The molecule has 2 rings (SSSR count). The van der Waals surface area contributed by atoms with E-state index in [1.54, 1.807) is 10.9 Å². The lowest BCUT2D eigenvalue weighted by Gasteiger charge is -2.22. The monoisotopic (exact) mass is 352 g/mol. The van der Waals surface area contributed by atoms with Gasteiger partial charge in [0.2, 0.25) is 0 Å². The fourth-order valence-corrected chi connectivity index (χ4v) is 3.82. The second-order valence-corrected chi connectivity index (χ2v) is 7.45. The molecule has 1 unspecified atom stereocenters. The number of halogens is 1. The van der Waals surface area contributed by atoms with E-state index in [2.05, 4.69) is 12.0 Å². The number of nitrogens with zero attached hydrogens (tertiary/aromatic N) is 3. The molecule has 0 aromatic carbocycles. The Morgan fingerprint density at radius 1 is 1.28 bits per heavy atom. The van der Waals surface area contributed by atoms with Crippen LogP contribution in [0.1, 0.15) is 77.2 Å². The Morgan fingerprint density at radius 3 is 2.44 bits per heavy atom. The summed E-state index contributed by atoms with van der Waals surface area (Å²) in [4.78, 5) is 12.5. The maximum absolute atomic E-state index is 12.7. The predicted molar refractivity (Wildman–Crippen MR) is 99.1 cm³/mol. The normalized spacial score (nSPS) is 19.7. The number of aromatic nitrogens is 3. The van der Waals surface area contributed by atoms with Crippen LogP contribution in [0.4, 0.5) is 4.39 Å². The zero-order valence-corrected chi connectivity index (χ0v) is 15.5. The summed E-state index contributed by atoms with van der Waals surface area (Å²) in [6.45, 7) is 2.30. The summed E-state index contributed by atoms with van der Waals surface area (Å²) >= 11 is 0. The van der Waals surface area contributed by atoms with Gasteiger partial charge in [-0.2, -0.15) is 5.10 Å². The van der Waals surface area contributed by atoms with Gasteiger partial charge in [-0.1, -0.05) is 57.8 Å². The van der Waals surface area contributed by atoms with Gasteiger partial charge >= 0.3 is 5.69 Å². The van der Waals surface area contributed by atoms with Gasteiger partial charge < -0.3 is 5.73 Å². The summed E-state index contributed by atoms with van der Waals surface area (Å²) in [5.74, 6) is 0.675. The molecule has 1 aromatic heterocycles. The lowest BCUT2D eigenvalue weighted by atomic mass is 9.88. The van der Waals surface area contributed by atoms with Crippen molar-refractivity contribution in [2.45, 2.75) is 83.7 Å². The molecule has 6 heteroatoms. The highest BCUT2D eigenvalue weighted by atomic mass is 19.1. The summed E-state index contributed by atoms with van der Waals surface area (Å²) in [7, 11) is 0. The Kier molecular flexibility index (Phi) is 8.38. The number of hydrogen-bond acceptors (Lipinski definition) is 3. The van der Waals surface area contributed by atoms with Crippen LogP contribution < -0.4 is 11.4 Å². The van der Waals surface area contributed by atoms with Crippen LogP contribution in [0.5, 0.6) is 0 Å². The van der Waals surface area contributed by atoms with Gasteiger partial charge in [0.25, 0.3) is 0 Å². The van der Waals surface area contributed by atoms with E-state index < -0.39 is 0 Å². The molecular formula is C19H33FN4O. The van der Waals surface area contributed by atoms with Crippen molar-refractivity contribution >= 4 is 0 Å². The minimum absolute atomic E-state index is 0.0907. The van der Waals surface area contributed by atoms with Crippen molar-refractivity contribution in [3.8, 4) is 0 Å². The summed E-state index contributed by atoms with van der Waals surface area (Å²) in [5.41, 5.74) is 5.65. The molecule has 1 saturated carbocycles. The second-order valence-electron chi connectivity index (χ2n) is 7.45. The third kappa shape index (κ3) is 6.10. The van der Waals surface area contributed by atoms with Gasteiger partial charge in [-0.05, 0) is 24.8 Å². The van der Waals surface area contributed by atoms with E-state index in [-0.39, 0.29) is 24.8 Å². The molecule has 1 aliphatic carbocycles. The second kappa shape index (κ2) is 10.5. The predicted octanol–water partition coefficient (Wildman–Crippen LogP) is 3.95. The highest BCUT2D eigenvalue weighted by molar-refractivity contribution is 4.99. The van der Waals surface area contributed by atoms with E-state index in [1.807, 2.05) is 0 Å². The minimum Gasteiger partial charge on any atom is -0.327 e. The molecule has 25 heavy (non-hydrogen) atoms. The minimum atomic E-state index is -0.180. The third-order valence-electron chi connectivity index (χ3n) is 5.40. The molecule has 1 atom stereocenters. The molecule has 2 N–H and O–H groups in total. The van der Waals surface area contributed by atoms with E-state index in [0.29, 0.717) is 17.8 Å². The summed E-state index contributed by atoms with van der Waals surface area (Å²) in [6, 6.07) is 0.116. The van der Waals surface area contributed by atoms with Gasteiger partial charge in [0.1, 0.15) is 6.33 Å². The van der Waals surface area contributed by atoms with Gasteiger partial charge in [-0.25, -0.2) is 13.9 Å². The molecule has 1 aliphatic rings. The van der Waals surface area contributed by atoms with Crippen LogP contribution >= 0.6 is 0 Å². The molecule has 0 amide bonds. The smallest absolute Gasteiger partial charge is 0.327 e. The Labute approximate surface area is 150 Å². The number of nitrogens with two attached hydrogens (primary N) is 1. The van der Waals surface area contributed by atoms with E-state index in [4.69, 9.17) is 5.73 Å². The van der Waals surface area contributed by atoms with Gasteiger partial charge in [-0.3, -0.25) is 4.57 Å². The molecule has 142 valence electrons. The van der Waals surface area contributed by atoms with Crippen LogP contribution in [-0.2, 0) is 6.54 Å². The van der Waals surface area contributed by atoms with Crippen LogP contribution in [-0.4, -0.2) is 20.9 Å². The van der Waals surface area contributed by atoms with Crippen molar-refractivity contribution in [1.82, 2.24) is 14.3 Å². The molecule has 1 heterocycles. The number of rotatable bonds is 6. The van der Waals surface area contributed by atoms with Gasteiger partial charge in [0, 0.05) is 12.6 Å². The Morgan fingerprint density at radius 2 is 1.88 bits per heavy atom. The first-order chi connectivity index (χ1) is 12.2. The standard InChI is InChI=1S/C19H33FN4O/c1-16(11-17-9-7-5-3-2-4-6-8-10-17)23-15-22-24(19(23)25)14-18(12-20)13-21/h12,15-17H,2-11,13-14,21H2,1H3/b18-12+. The quantitative estimate of drug-likeness (QED) is 0.843. The van der Waals surface area contributed by atoms with Crippen molar-refractivity contribution in [3.63, 3.8) is 0 Å². The van der Waals surface area contributed by atoms with Crippen molar-refractivity contribution < 1.29 is 4.39 Å². The Bertz CT molecular complexity index is 582. The van der Waals surface area contributed by atoms with Gasteiger partial charge in [-0.15, -0.1) is 0 Å². The van der Waals surface area contributed by atoms with E-state index in [9.17, 15) is 9.18 Å². The molecule has 1 fully saturated rings. The Hall–Kier alpha value is -1.43.